The molecule has 0 spiro atoms. The van der Waals surface area contributed by atoms with E-state index in [1.165, 1.54) is 0 Å². The molecule has 1 aromatic rings. The minimum atomic E-state index is -0.365. The highest BCUT2D eigenvalue weighted by Crippen LogP contribution is 2.12. The molecule has 0 unspecified atom stereocenters. The van der Waals surface area contributed by atoms with Crippen molar-refractivity contribution < 1.29 is 9.53 Å². The maximum atomic E-state index is 11.1. The molecule has 72 valence electrons. The Labute approximate surface area is 82.9 Å². The van der Waals surface area contributed by atoms with E-state index in [1.807, 2.05) is 25.1 Å². The van der Waals surface area contributed by atoms with Gasteiger partial charge in [-0.3, -0.25) is 4.79 Å². The second kappa shape index (κ2) is 5.03. The smallest absolute Gasteiger partial charge is 0.312 e. The highest BCUT2D eigenvalue weighted by atomic mass is 16.5. The van der Waals surface area contributed by atoms with Crippen LogP contribution in [0.5, 0.6) is 5.75 Å². The predicted molar refractivity (Wildman–Crippen MR) is 51.7 cm³/mol. The molecular weight excluding hydrogens is 178 g/mol. The Morgan fingerprint density at radius 2 is 2.07 bits per heavy atom. The van der Waals surface area contributed by atoms with Gasteiger partial charge in [0.05, 0.1) is 12.5 Å². The summed E-state index contributed by atoms with van der Waals surface area (Å²) in [5.41, 5.74) is 1.11. The first-order chi connectivity index (χ1) is 6.72. The Hall–Kier alpha value is -1.82. The van der Waals surface area contributed by atoms with Crippen LogP contribution in [0.3, 0.4) is 0 Å². The lowest BCUT2D eigenvalue weighted by Crippen LogP contribution is -2.06. The third kappa shape index (κ3) is 3.28. The van der Waals surface area contributed by atoms with E-state index in [0.717, 1.165) is 5.56 Å². The van der Waals surface area contributed by atoms with Crippen molar-refractivity contribution in [2.45, 2.75) is 19.8 Å². The number of carbonyl (C=O) groups excluding carboxylic acids is 1. The van der Waals surface area contributed by atoms with E-state index in [-0.39, 0.29) is 18.8 Å². The first kappa shape index (κ1) is 10.3. The molecule has 0 aliphatic carbocycles. The zero-order valence-electron chi connectivity index (χ0n) is 7.99. The van der Waals surface area contributed by atoms with Gasteiger partial charge in [0.25, 0.3) is 0 Å². The fourth-order valence-corrected chi connectivity index (χ4v) is 0.947. The number of esters is 1. The van der Waals surface area contributed by atoms with Gasteiger partial charge >= 0.3 is 5.97 Å². The van der Waals surface area contributed by atoms with Gasteiger partial charge in [-0.1, -0.05) is 17.7 Å². The van der Waals surface area contributed by atoms with Crippen LogP contribution in [0.1, 0.15) is 18.4 Å². The lowest BCUT2D eigenvalue weighted by atomic mass is 10.2. The van der Waals surface area contributed by atoms with E-state index in [2.05, 4.69) is 0 Å². The van der Waals surface area contributed by atoms with Crippen molar-refractivity contribution in [2.24, 2.45) is 0 Å². The molecule has 0 fully saturated rings. The van der Waals surface area contributed by atoms with Gasteiger partial charge in [-0.15, -0.1) is 0 Å². The molecule has 14 heavy (non-hydrogen) atoms. The molecule has 1 rings (SSSR count). The molecule has 0 saturated carbocycles. The van der Waals surface area contributed by atoms with Crippen molar-refractivity contribution in [1.82, 2.24) is 0 Å². The molecule has 0 aliphatic heterocycles. The lowest BCUT2D eigenvalue weighted by Gasteiger charge is -2.02. The summed E-state index contributed by atoms with van der Waals surface area (Å²) >= 11 is 0. The Morgan fingerprint density at radius 1 is 1.43 bits per heavy atom. The quantitative estimate of drug-likeness (QED) is 0.541. The van der Waals surface area contributed by atoms with Gasteiger partial charge < -0.3 is 4.74 Å². The van der Waals surface area contributed by atoms with E-state index < -0.39 is 0 Å². The molecule has 0 radical (unpaired) electrons. The van der Waals surface area contributed by atoms with E-state index in [1.54, 1.807) is 12.1 Å². The minimum Gasteiger partial charge on any atom is -0.427 e. The highest BCUT2D eigenvalue weighted by molar-refractivity contribution is 5.72. The number of aryl methyl sites for hydroxylation is 1. The topological polar surface area (TPSA) is 50.1 Å². The van der Waals surface area contributed by atoms with Gasteiger partial charge in [-0.05, 0) is 19.1 Å². The first-order valence-electron chi connectivity index (χ1n) is 4.36. The van der Waals surface area contributed by atoms with Crippen LogP contribution in [0, 0.1) is 18.3 Å². The Balaban J connectivity index is 2.49. The molecule has 0 aliphatic rings. The van der Waals surface area contributed by atoms with Crippen molar-refractivity contribution in [3.8, 4) is 11.8 Å². The van der Waals surface area contributed by atoms with Crippen LogP contribution in [-0.4, -0.2) is 5.97 Å². The van der Waals surface area contributed by atoms with Gasteiger partial charge in [0.1, 0.15) is 5.75 Å². The minimum absolute atomic E-state index is 0.143. The largest absolute Gasteiger partial charge is 0.427 e. The molecule has 0 bridgehead atoms. The molecule has 1 aromatic carbocycles. The van der Waals surface area contributed by atoms with E-state index in [9.17, 15) is 4.79 Å². The molecule has 0 amide bonds. The number of hydrogen-bond donors (Lipinski definition) is 0. The fourth-order valence-electron chi connectivity index (χ4n) is 0.947. The maximum absolute atomic E-state index is 11.1. The molecule has 0 heterocycles. The number of benzene rings is 1. The second-order valence-electron chi connectivity index (χ2n) is 2.95. The van der Waals surface area contributed by atoms with Crippen molar-refractivity contribution in [2.75, 3.05) is 0 Å². The monoisotopic (exact) mass is 189 g/mol. The van der Waals surface area contributed by atoms with Crippen molar-refractivity contribution in [3.05, 3.63) is 29.8 Å². The fraction of sp³-hybridized carbons (Fsp3) is 0.273. The lowest BCUT2D eigenvalue weighted by molar-refractivity contribution is -0.134. The third-order valence-corrected chi connectivity index (χ3v) is 1.69. The van der Waals surface area contributed by atoms with E-state index in [4.69, 9.17) is 10.00 Å². The molecule has 0 N–H and O–H groups in total. The van der Waals surface area contributed by atoms with Gasteiger partial charge in [0.15, 0.2) is 0 Å². The number of ether oxygens (including phenoxy) is 1. The Kier molecular flexibility index (Phi) is 3.69. The number of nitrogens with zero attached hydrogens (tertiary/aromatic N) is 1. The zero-order valence-corrected chi connectivity index (χ0v) is 7.99. The molecule has 0 aromatic heterocycles. The van der Waals surface area contributed by atoms with Crippen molar-refractivity contribution in [1.29, 1.82) is 5.26 Å². The molecule has 0 saturated heterocycles. The summed E-state index contributed by atoms with van der Waals surface area (Å²) in [6, 6.07) is 9.10. The van der Waals surface area contributed by atoms with E-state index >= 15 is 0 Å². The number of nitriles is 1. The van der Waals surface area contributed by atoms with Gasteiger partial charge in [-0.25, -0.2) is 0 Å². The first-order valence-corrected chi connectivity index (χ1v) is 4.36. The normalized spacial score (nSPS) is 9.14. The van der Waals surface area contributed by atoms with E-state index in [0.29, 0.717) is 5.75 Å². The zero-order chi connectivity index (χ0) is 10.4. The Morgan fingerprint density at radius 3 is 2.64 bits per heavy atom. The Bertz CT molecular complexity index is 349. The second-order valence-corrected chi connectivity index (χ2v) is 2.95. The number of rotatable bonds is 3. The highest BCUT2D eigenvalue weighted by Gasteiger charge is 2.03. The summed E-state index contributed by atoms with van der Waals surface area (Å²) < 4.78 is 4.98. The van der Waals surface area contributed by atoms with Crippen LogP contribution in [0.4, 0.5) is 0 Å². The average Bonchev–Trinajstić information content (AvgIpc) is 2.18. The molecule has 3 nitrogen and oxygen atoms in total. The summed E-state index contributed by atoms with van der Waals surface area (Å²) in [4.78, 5) is 11.1. The molecule has 0 atom stereocenters. The third-order valence-electron chi connectivity index (χ3n) is 1.69. The van der Waals surface area contributed by atoms with Crippen LogP contribution in [0.25, 0.3) is 0 Å². The van der Waals surface area contributed by atoms with Gasteiger partial charge in [0.2, 0.25) is 0 Å². The summed E-state index contributed by atoms with van der Waals surface area (Å²) in [6.45, 7) is 1.96. The maximum Gasteiger partial charge on any atom is 0.312 e. The van der Waals surface area contributed by atoms with Crippen LogP contribution >= 0.6 is 0 Å². The standard InChI is InChI=1S/C11H11NO2/c1-9-4-6-10(7-5-9)14-11(13)3-2-8-12/h4-7H,2-3H2,1H3. The summed E-state index contributed by atoms with van der Waals surface area (Å²) in [6.07, 6.45) is 0.342. The van der Waals surface area contributed by atoms with Gasteiger partial charge in [-0.2, -0.15) is 5.26 Å². The summed E-state index contributed by atoms with van der Waals surface area (Å²) in [5.74, 6) is 0.161. The van der Waals surface area contributed by atoms with Gasteiger partial charge in [0, 0.05) is 6.42 Å². The van der Waals surface area contributed by atoms with Crippen LogP contribution in [0.15, 0.2) is 24.3 Å². The molecule has 3 heteroatoms. The number of hydrogen-bond acceptors (Lipinski definition) is 3. The SMILES string of the molecule is Cc1ccc(OC(=O)CCC#N)cc1. The van der Waals surface area contributed by atoms with Crippen LogP contribution < -0.4 is 4.74 Å². The summed E-state index contributed by atoms with van der Waals surface area (Å²) in [5, 5.41) is 8.26. The van der Waals surface area contributed by atoms with Crippen LogP contribution in [0.2, 0.25) is 0 Å². The summed E-state index contributed by atoms with van der Waals surface area (Å²) in [7, 11) is 0. The number of carbonyl (C=O) groups is 1. The molecular formula is C11H11NO2. The van der Waals surface area contributed by atoms with Crippen LogP contribution in [-0.2, 0) is 4.79 Å². The average molecular weight is 189 g/mol. The van der Waals surface area contributed by atoms with Crippen molar-refractivity contribution >= 4 is 5.97 Å². The van der Waals surface area contributed by atoms with Crippen molar-refractivity contribution in [3.63, 3.8) is 0 Å². The predicted octanol–water partition coefficient (Wildman–Crippen LogP) is 2.20.